The second kappa shape index (κ2) is 5.64. The third kappa shape index (κ3) is 3.11. The summed E-state index contributed by atoms with van der Waals surface area (Å²) in [5, 5.41) is 13.4. The SMILES string of the molecule is CC1CC(Cc2cc(O)c(N3CC(=O)NS3(=O)=O)c(F)c2)CN1. The van der Waals surface area contributed by atoms with E-state index >= 15 is 0 Å². The van der Waals surface area contributed by atoms with Crippen LogP contribution >= 0.6 is 0 Å². The molecule has 2 aliphatic heterocycles. The Balaban J connectivity index is 1.88. The lowest BCUT2D eigenvalue weighted by molar-refractivity contribution is -0.117. The van der Waals surface area contributed by atoms with E-state index in [1.807, 2.05) is 0 Å². The van der Waals surface area contributed by atoms with Gasteiger partial charge in [0, 0.05) is 6.04 Å². The third-order valence-corrected chi connectivity index (χ3v) is 5.52. The van der Waals surface area contributed by atoms with E-state index in [0.717, 1.165) is 13.0 Å². The van der Waals surface area contributed by atoms with Gasteiger partial charge in [-0.1, -0.05) is 0 Å². The van der Waals surface area contributed by atoms with Gasteiger partial charge in [0.1, 0.15) is 18.0 Å². The molecule has 7 nitrogen and oxygen atoms in total. The number of carbonyl (C=O) groups is 1. The number of hydrogen-bond acceptors (Lipinski definition) is 5. The van der Waals surface area contributed by atoms with Crippen LogP contribution in [0.3, 0.4) is 0 Å². The number of nitrogens with one attached hydrogen (secondary N) is 2. The largest absolute Gasteiger partial charge is 0.506 e. The summed E-state index contributed by atoms with van der Waals surface area (Å²) >= 11 is 0. The fourth-order valence-electron chi connectivity index (χ4n) is 3.17. The summed E-state index contributed by atoms with van der Waals surface area (Å²) in [6.45, 7) is 2.35. The minimum atomic E-state index is -4.15. The molecule has 2 heterocycles. The van der Waals surface area contributed by atoms with Crippen molar-refractivity contribution in [3.05, 3.63) is 23.5 Å². The standard InChI is InChI=1S/C14H18FN3O4S/c1-8-2-10(6-16-8)3-9-4-11(15)14(12(19)5-9)18-7-13(20)17-23(18,21)22/h4-5,8,10,16,19H,2-3,6-7H2,1H3,(H,17,20). The summed E-state index contributed by atoms with van der Waals surface area (Å²) < 4.78 is 40.2. The van der Waals surface area contributed by atoms with E-state index in [9.17, 15) is 22.7 Å². The van der Waals surface area contributed by atoms with E-state index in [4.69, 9.17) is 0 Å². The van der Waals surface area contributed by atoms with E-state index in [1.165, 1.54) is 12.1 Å². The second-order valence-corrected chi connectivity index (χ2v) is 7.69. The van der Waals surface area contributed by atoms with Crippen LogP contribution in [0, 0.1) is 11.7 Å². The Hall–Kier alpha value is -1.87. The average molecular weight is 343 g/mol. The van der Waals surface area contributed by atoms with Gasteiger partial charge in [-0.25, -0.2) is 13.4 Å². The Bertz CT molecular complexity index is 729. The summed E-state index contributed by atoms with van der Waals surface area (Å²) in [5.74, 6) is -1.77. The summed E-state index contributed by atoms with van der Waals surface area (Å²) in [5.41, 5.74) is 0.102. The van der Waals surface area contributed by atoms with E-state index in [-0.39, 0.29) is 0 Å². The molecule has 2 fully saturated rings. The van der Waals surface area contributed by atoms with Gasteiger partial charge in [0.2, 0.25) is 0 Å². The predicted molar refractivity (Wildman–Crippen MR) is 81.7 cm³/mol. The lowest BCUT2D eigenvalue weighted by atomic mass is 9.96. The maximum atomic E-state index is 14.4. The first-order valence-electron chi connectivity index (χ1n) is 7.34. The minimum Gasteiger partial charge on any atom is -0.506 e. The molecule has 2 atom stereocenters. The van der Waals surface area contributed by atoms with Gasteiger partial charge in [-0.15, -0.1) is 0 Å². The van der Waals surface area contributed by atoms with Gasteiger partial charge < -0.3 is 10.4 Å². The van der Waals surface area contributed by atoms with E-state index in [0.29, 0.717) is 28.2 Å². The lowest BCUT2D eigenvalue weighted by Gasteiger charge is -2.18. The van der Waals surface area contributed by atoms with Crippen molar-refractivity contribution in [1.29, 1.82) is 0 Å². The van der Waals surface area contributed by atoms with Crippen LogP contribution in [-0.4, -0.2) is 38.6 Å². The lowest BCUT2D eigenvalue weighted by Crippen LogP contribution is -2.30. The zero-order valence-corrected chi connectivity index (χ0v) is 13.4. The number of carbonyl (C=O) groups excluding carboxylic acids is 1. The number of rotatable bonds is 3. The number of hydrogen-bond donors (Lipinski definition) is 3. The molecule has 1 aromatic carbocycles. The molecule has 0 bridgehead atoms. The van der Waals surface area contributed by atoms with Crippen molar-refractivity contribution in [2.75, 3.05) is 17.4 Å². The van der Waals surface area contributed by atoms with Crippen molar-refractivity contribution in [1.82, 2.24) is 10.0 Å². The highest BCUT2D eigenvalue weighted by molar-refractivity contribution is 7.92. The first kappa shape index (κ1) is 16.0. The van der Waals surface area contributed by atoms with Crippen molar-refractivity contribution < 1.29 is 22.7 Å². The highest BCUT2D eigenvalue weighted by atomic mass is 32.2. The molecule has 2 aliphatic rings. The molecule has 9 heteroatoms. The van der Waals surface area contributed by atoms with E-state index < -0.39 is 39.9 Å². The number of halogens is 1. The zero-order chi connectivity index (χ0) is 16.8. The number of amides is 1. The van der Waals surface area contributed by atoms with Gasteiger partial charge in [-0.05, 0) is 49.9 Å². The fraction of sp³-hybridized carbons (Fsp3) is 0.500. The van der Waals surface area contributed by atoms with Crippen molar-refractivity contribution in [2.24, 2.45) is 5.92 Å². The fourth-order valence-corrected chi connectivity index (χ4v) is 4.34. The van der Waals surface area contributed by atoms with Crippen LogP contribution in [0.2, 0.25) is 0 Å². The Morgan fingerprint density at radius 2 is 2.17 bits per heavy atom. The predicted octanol–water partition coefficient (Wildman–Crippen LogP) is 0.253. The molecule has 23 heavy (non-hydrogen) atoms. The Morgan fingerprint density at radius 1 is 1.43 bits per heavy atom. The summed E-state index contributed by atoms with van der Waals surface area (Å²) in [4.78, 5) is 11.2. The molecular formula is C14H18FN3O4S. The summed E-state index contributed by atoms with van der Waals surface area (Å²) in [6, 6.07) is 2.99. The molecule has 2 saturated heterocycles. The molecular weight excluding hydrogens is 325 g/mol. The number of aromatic hydroxyl groups is 1. The second-order valence-electron chi connectivity index (χ2n) is 6.10. The molecule has 1 amide bonds. The Kier molecular flexibility index (Phi) is 3.93. The number of anilines is 1. The van der Waals surface area contributed by atoms with Crippen LogP contribution in [0.4, 0.5) is 10.1 Å². The minimum absolute atomic E-state index is 0.341. The van der Waals surface area contributed by atoms with Gasteiger partial charge in [-0.3, -0.25) is 4.79 Å². The molecule has 1 aromatic rings. The van der Waals surface area contributed by atoms with Crippen molar-refractivity contribution in [2.45, 2.75) is 25.8 Å². The molecule has 0 spiro atoms. The number of phenols is 1. The highest BCUT2D eigenvalue weighted by Crippen LogP contribution is 2.35. The number of benzene rings is 1. The Labute approximate surface area is 133 Å². The average Bonchev–Trinajstić information content (AvgIpc) is 2.92. The zero-order valence-electron chi connectivity index (χ0n) is 12.5. The Morgan fingerprint density at radius 3 is 2.70 bits per heavy atom. The topological polar surface area (TPSA) is 98.7 Å². The van der Waals surface area contributed by atoms with E-state index in [2.05, 4.69) is 12.2 Å². The normalized spacial score (nSPS) is 26.5. The molecule has 2 unspecified atom stereocenters. The molecule has 0 radical (unpaired) electrons. The van der Waals surface area contributed by atoms with Crippen LogP contribution in [0.5, 0.6) is 5.75 Å². The molecule has 0 aromatic heterocycles. The van der Waals surface area contributed by atoms with Crippen molar-refractivity contribution in [3.8, 4) is 5.75 Å². The van der Waals surface area contributed by atoms with E-state index in [1.54, 1.807) is 4.72 Å². The molecule has 0 aliphatic carbocycles. The van der Waals surface area contributed by atoms with Crippen LogP contribution in [0.15, 0.2) is 12.1 Å². The van der Waals surface area contributed by atoms with Crippen LogP contribution < -0.4 is 14.3 Å². The third-order valence-electron chi connectivity index (χ3n) is 4.14. The van der Waals surface area contributed by atoms with Gasteiger partial charge in [0.25, 0.3) is 5.91 Å². The van der Waals surface area contributed by atoms with Crippen molar-refractivity contribution >= 4 is 21.8 Å². The maximum Gasteiger partial charge on any atom is 0.326 e. The first-order valence-corrected chi connectivity index (χ1v) is 8.78. The van der Waals surface area contributed by atoms with Gasteiger partial charge in [0.05, 0.1) is 0 Å². The molecule has 3 rings (SSSR count). The van der Waals surface area contributed by atoms with Crippen LogP contribution in [-0.2, 0) is 21.4 Å². The molecule has 0 saturated carbocycles. The summed E-state index contributed by atoms with van der Waals surface area (Å²) in [7, 11) is -4.15. The van der Waals surface area contributed by atoms with Gasteiger partial charge in [0.15, 0.2) is 5.82 Å². The molecule has 3 N–H and O–H groups in total. The highest BCUT2D eigenvalue weighted by Gasteiger charge is 2.37. The smallest absolute Gasteiger partial charge is 0.326 e. The maximum absolute atomic E-state index is 14.4. The van der Waals surface area contributed by atoms with Crippen LogP contribution in [0.1, 0.15) is 18.9 Å². The summed E-state index contributed by atoms with van der Waals surface area (Å²) in [6.07, 6.45) is 1.55. The quantitative estimate of drug-likeness (QED) is 0.731. The monoisotopic (exact) mass is 343 g/mol. The van der Waals surface area contributed by atoms with Crippen molar-refractivity contribution in [3.63, 3.8) is 0 Å². The van der Waals surface area contributed by atoms with Gasteiger partial charge >= 0.3 is 10.2 Å². The number of phenolic OH excluding ortho intramolecular Hbond substituents is 1. The van der Waals surface area contributed by atoms with Crippen LogP contribution in [0.25, 0.3) is 0 Å². The van der Waals surface area contributed by atoms with Gasteiger partial charge in [-0.2, -0.15) is 8.42 Å². The molecule has 126 valence electrons. The first-order chi connectivity index (χ1) is 10.8. The number of nitrogens with zero attached hydrogens (tertiary/aromatic N) is 1.